The average Bonchev–Trinajstić information content (AvgIpc) is 2.74. The molecule has 0 spiro atoms. The number of rotatable bonds is 3. The first-order valence-electron chi connectivity index (χ1n) is 7.72. The number of hydrogen-bond acceptors (Lipinski definition) is 2. The van der Waals surface area contributed by atoms with Crippen LogP contribution in [0, 0.1) is 0 Å². The van der Waals surface area contributed by atoms with Gasteiger partial charge in [0.25, 0.3) is 0 Å². The van der Waals surface area contributed by atoms with Gasteiger partial charge < -0.3 is 5.73 Å². The summed E-state index contributed by atoms with van der Waals surface area (Å²) in [6, 6.07) is 11.1. The van der Waals surface area contributed by atoms with Gasteiger partial charge in [0.1, 0.15) is 0 Å². The van der Waals surface area contributed by atoms with Crippen molar-refractivity contribution in [2.24, 2.45) is 5.73 Å². The van der Waals surface area contributed by atoms with E-state index in [-0.39, 0.29) is 0 Å². The largest absolute Gasteiger partial charge is 0.326 e. The fourth-order valence-corrected chi connectivity index (χ4v) is 3.24. The summed E-state index contributed by atoms with van der Waals surface area (Å²) in [5.41, 5.74) is 9.52. The number of nitrogens with two attached hydrogens (primary N) is 1. The number of hydrogen-bond donors (Lipinski definition) is 1. The third kappa shape index (κ3) is 2.63. The SMILES string of the molecule is NCc1cnn(C2CCCCCC2)c1-c1ccccc1. The number of nitrogens with zero attached hydrogens (tertiary/aromatic N) is 2. The van der Waals surface area contributed by atoms with E-state index in [0.717, 1.165) is 5.56 Å². The first kappa shape index (κ1) is 13.4. The lowest BCUT2D eigenvalue weighted by atomic mass is 10.0. The zero-order valence-corrected chi connectivity index (χ0v) is 12.0. The maximum Gasteiger partial charge on any atom is 0.0730 e. The Balaban J connectivity index is 2.00. The summed E-state index contributed by atoms with van der Waals surface area (Å²) in [4.78, 5) is 0. The van der Waals surface area contributed by atoms with Crippen LogP contribution in [0.5, 0.6) is 0 Å². The molecule has 3 heteroatoms. The molecule has 1 saturated carbocycles. The Labute approximate surface area is 120 Å². The lowest BCUT2D eigenvalue weighted by Gasteiger charge is -2.19. The lowest BCUT2D eigenvalue weighted by Crippen LogP contribution is -2.12. The van der Waals surface area contributed by atoms with E-state index in [9.17, 15) is 0 Å². The molecule has 2 N–H and O–H groups in total. The molecule has 0 aliphatic heterocycles. The van der Waals surface area contributed by atoms with E-state index in [0.29, 0.717) is 12.6 Å². The van der Waals surface area contributed by atoms with E-state index < -0.39 is 0 Å². The lowest BCUT2D eigenvalue weighted by molar-refractivity contribution is 0.409. The van der Waals surface area contributed by atoms with Crippen molar-refractivity contribution in [1.29, 1.82) is 0 Å². The van der Waals surface area contributed by atoms with E-state index in [1.165, 1.54) is 49.8 Å². The predicted molar refractivity (Wildman–Crippen MR) is 82.3 cm³/mol. The predicted octanol–water partition coefficient (Wildman–Crippen LogP) is 3.90. The molecule has 0 unspecified atom stereocenters. The quantitative estimate of drug-likeness (QED) is 0.859. The van der Waals surface area contributed by atoms with E-state index in [2.05, 4.69) is 40.1 Å². The fourth-order valence-electron chi connectivity index (χ4n) is 3.24. The summed E-state index contributed by atoms with van der Waals surface area (Å²) in [7, 11) is 0. The highest BCUT2D eigenvalue weighted by Crippen LogP contribution is 2.32. The highest BCUT2D eigenvalue weighted by atomic mass is 15.3. The normalized spacial score (nSPS) is 17.1. The Morgan fingerprint density at radius 2 is 1.75 bits per heavy atom. The van der Waals surface area contributed by atoms with Crippen molar-refractivity contribution in [3.63, 3.8) is 0 Å². The minimum atomic E-state index is 0.535. The fraction of sp³-hybridized carbons (Fsp3) is 0.471. The van der Waals surface area contributed by atoms with Crippen LogP contribution >= 0.6 is 0 Å². The van der Waals surface area contributed by atoms with Crippen LogP contribution in [-0.2, 0) is 6.54 Å². The third-order valence-corrected chi connectivity index (χ3v) is 4.31. The van der Waals surface area contributed by atoms with Gasteiger partial charge in [-0.05, 0) is 12.8 Å². The first-order chi connectivity index (χ1) is 9.90. The van der Waals surface area contributed by atoms with Gasteiger partial charge in [0.05, 0.1) is 17.9 Å². The molecule has 0 amide bonds. The summed E-state index contributed by atoms with van der Waals surface area (Å²) in [5.74, 6) is 0. The molecule has 106 valence electrons. The van der Waals surface area contributed by atoms with Crippen molar-refractivity contribution in [3.05, 3.63) is 42.1 Å². The zero-order chi connectivity index (χ0) is 13.8. The Hall–Kier alpha value is -1.61. The minimum Gasteiger partial charge on any atom is -0.326 e. The molecule has 0 atom stereocenters. The van der Waals surface area contributed by atoms with Gasteiger partial charge in [0, 0.05) is 17.7 Å². The van der Waals surface area contributed by atoms with Crippen LogP contribution in [0.25, 0.3) is 11.3 Å². The van der Waals surface area contributed by atoms with Gasteiger partial charge >= 0.3 is 0 Å². The van der Waals surface area contributed by atoms with Crippen LogP contribution in [0.4, 0.5) is 0 Å². The summed E-state index contributed by atoms with van der Waals surface area (Å²) in [6.45, 7) is 0.553. The van der Waals surface area contributed by atoms with Gasteiger partial charge in [-0.1, -0.05) is 56.0 Å². The monoisotopic (exact) mass is 269 g/mol. The highest BCUT2D eigenvalue weighted by molar-refractivity contribution is 5.63. The van der Waals surface area contributed by atoms with Gasteiger partial charge in [0.2, 0.25) is 0 Å². The van der Waals surface area contributed by atoms with E-state index >= 15 is 0 Å². The van der Waals surface area contributed by atoms with Crippen molar-refractivity contribution >= 4 is 0 Å². The molecule has 20 heavy (non-hydrogen) atoms. The Morgan fingerprint density at radius 3 is 2.40 bits per heavy atom. The second-order valence-electron chi connectivity index (χ2n) is 5.68. The van der Waals surface area contributed by atoms with Crippen LogP contribution < -0.4 is 5.73 Å². The Morgan fingerprint density at radius 1 is 1.05 bits per heavy atom. The minimum absolute atomic E-state index is 0.535. The maximum atomic E-state index is 5.91. The first-order valence-corrected chi connectivity index (χ1v) is 7.72. The number of benzene rings is 1. The van der Waals surface area contributed by atoms with Gasteiger partial charge in [0.15, 0.2) is 0 Å². The molecule has 2 aromatic rings. The summed E-state index contributed by atoms with van der Waals surface area (Å²) in [6.07, 6.45) is 9.79. The zero-order valence-electron chi connectivity index (χ0n) is 12.0. The molecule has 3 rings (SSSR count). The smallest absolute Gasteiger partial charge is 0.0730 e. The molecule has 0 saturated heterocycles. The van der Waals surface area contributed by atoms with Crippen molar-refractivity contribution < 1.29 is 0 Å². The molecular formula is C17H23N3. The summed E-state index contributed by atoms with van der Waals surface area (Å²) < 4.78 is 2.24. The molecule has 3 nitrogen and oxygen atoms in total. The standard InChI is InChI=1S/C17H23N3/c18-12-15-13-19-20(16-10-6-1-2-7-11-16)17(15)14-8-4-3-5-9-14/h3-5,8-9,13,16H,1-2,6-7,10-12,18H2. The average molecular weight is 269 g/mol. The van der Waals surface area contributed by atoms with Gasteiger partial charge in [-0.15, -0.1) is 0 Å². The molecule has 1 aromatic heterocycles. The number of aromatic nitrogens is 2. The molecule has 0 radical (unpaired) electrons. The Kier molecular flexibility index (Phi) is 4.16. The van der Waals surface area contributed by atoms with Crippen molar-refractivity contribution in [3.8, 4) is 11.3 Å². The highest BCUT2D eigenvalue weighted by Gasteiger charge is 2.20. The van der Waals surface area contributed by atoms with Crippen LogP contribution in [0.2, 0.25) is 0 Å². The molecule has 0 bridgehead atoms. The molecule has 1 aromatic carbocycles. The van der Waals surface area contributed by atoms with Crippen LogP contribution in [0.15, 0.2) is 36.5 Å². The Bertz CT molecular complexity index is 537. The third-order valence-electron chi connectivity index (χ3n) is 4.31. The van der Waals surface area contributed by atoms with Gasteiger partial charge in [-0.2, -0.15) is 5.10 Å². The topological polar surface area (TPSA) is 43.8 Å². The molecule has 1 aliphatic rings. The molecule has 1 aliphatic carbocycles. The van der Waals surface area contributed by atoms with Crippen LogP contribution in [0.3, 0.4) is 0 Å². The maximum absolute atomic E-state index is 5.91. The molecule has 1 fully saturated rings. The summed E-state index contributed by atoms with van der Waals surface area (Å²) >= 11 is 0. The van der Waals surface area contributed by atoms with Gasteiger partial charge in [-0.25, -0.2) is 0 Å². The second kappa shape index (κ2) is 6.23. The molecular weight excluding hydrogens is 246 g/mol. The van der Waals surface area contributed by atoms with E-state index in [4.69, 9.17) is 5.73 Å². The van der Waals surface area contributed by atoms with Crippen LogP contribution in [-0.4, -0.2) is 9.78 Å². The van der Waals surface area contributed by atoms with E-state index in [1.54, 1.807) is 0 Å². The second-order valence-corrected chi connectivity index (χ2v) is 5.68. The van der Waals surface area contributed by atoms with Crippen molar-refractivity contribution in [1.82, 2.24) is 9.78 Å². The van der Waals surface area contributed by atoms with E-state index in [1.807, 2.05) is 6.20 Å². The van der Waals surface area contributed by atoms with Gasteiger partial charge in [-0.3, -0.25) is 4.68 Å². The van der Waals surface area contributed by atoms with Crippen molar-refractivity contribution in [2.45, 2.75) is 51.1 Å². The summed E-state index contributed by atoms with van der Waals surface area (Å²) in [5, 5.41) is 4.67. The van der Waals surface area contributed by atoms with Crippen molar-refractivity contribution in [2.75, 3.05) is 0 Å². The molecule has 1 heterocycles. The van der Waals surface area contributed by atoms with Crippen LogP contribution in [0.1, 0.15) is 50.1 Å².